The van der Waals surface area contributed by atoms with Gasteiger partial charge in [0.05, 0.1) is 12.3 Å². The summed E-state index contributed by atoms with van der Waals surface area (Å²) < 4.78 is 19.3. The molecule has 0 unspecified atom stereocenters. The lowest BCUT2D eigenvalue weighted by molar-refractivity contribution is 0.341. The molecule has 0 saturated carbocycles. The number of anilines is 1. The molecule has 0 amide bonds. The zero-order valence-electron chi connectivity index (χ0n) is 7.71. The fraction of sp³-hybridized carbons (Fsp3) is 0.200. The smallest absolute Gasteiger partial charge is 0.200 e. The highest BCUT2D eigenvalue weighted by Crippen LogP contribution is 2.34. The Kier molecular flexibility index (Phi) is 2.29. The van der Waals surface area contributed by atoms with Gasteiger partial charge >= 0.3 is 0 Å². The van der Waals surface area contributed by atoms with E-state index in [0.29, 0.717) is 6.61 Å². The molecule has 2 rings (SSSR count). The fourth-order valence-corrected chi connectivity index (χ4v) is 2.15. The van der Waals surface area contributed by atoms with E-state index in [-0.39, 0.29) is 10.8 Å². The number of nitrogen functional groups attached to an aromatic ring is 1. The Labute approximate surface area is 85.1 Å². The molecule has 0 radical (unpaired) electrons. The van der Waals surface area contributed by atoms with Gasteiger partial charge in [0, 0.05) is 10.1 Å². The third-order valence-corrected chi connectivity index (χ3v) is 2.94. The number of fused-ring (bicyclic) bond motifs is 1. The van der Waals surface area contributed by atoms with Crippen LogP contribution in [0.5, 0.6) is 5.75 Å². The summed E-state index contributed by atoms with van der Waals surface area (Å²) >= 11 is 1.06. The average molecular weight is 211 g/mol. The summed E-state index contributed by atoms with van der Waals surface area (Å²) in [5.74, 6) is 0.726. The normalized spacial score (nSPS) is 10.7. The molecular weight excluding hydrogens is 201 g/mol. The van der Waals surface area contributed by atoms with Gasteiger partial charge in [-0.2, -0.15) is 4.39 Å². The topological polar surface area (TPSA) is 35.2 Å². The van der Waals surface area contributed by atoms with E-state index < -0.39 is 0 Å². The summed E-state index contributed by atoms with van der Waals surface area (Å²) in [7, 11) is 0. The molecule has 1 aromatic heterocycles. The molecule has 2 nitrogen and oxygen atoms in total. The molecule has 1 aromatic carbocycles. The Bertz CT molecular complexity index is 466. The molecule has 0 saturated heterocycles. The van der Waals surface area contributed by atoms with Crippen LogP contribution in [0.4, 0.5) is 10.1 Å². The maximum Gasteiger partial charge on any atom is 0.200 e. The van der Waals surface area contributed by atoms with Crippen LogP contribution < -0.4 is 10.5 Å². The standard InChI is InChI=1S/C10H10FNOS/c1-2-13-6-3-4-8-7(5-6)9(12)10(11)14-8/h3-5H,2,12H2,1H3. The number of benzene rings is 1. The van der Waals surface area contributed by atoms with Crippen molar-refractivity contribution >= 4 is 27.1 Å². The predicted octanol–water partition coefficient (Wildman–Crippen LogP) is 3.02. The van der Waals surface area contributed by atoms with Crippen molar-refractivity contribution in [2.24, 2.45) is 0 Å². The molecule has 2 N–H and O–H groups in total. The lowest BCUT2D eigenvalue weighted by Crippen LogP contribution is -1.91. The minimum Gasteiger partial charge on any atom is -0.494 e. The van der Waals surface area contributed by atoms with Crippen molar-refractivity contribution in [3.05, 3.63) is 23.3 Å². The third-order valence-electron chi connectivity index (χ3n) is 1.96. The van der Waals surface area contributed by atoms with E-state index in [0.717, 1.165) is 27.2 Å². The van der Waals surface area contributed by atoms with Crippen molar-refractivity contribution in [1.29, 1.82) is 0 Å². The minimum absolute atomic E-state index is 0.214. The third kappa shape index (κ3) is 1.42. The van der Waals surface area contributed by atoms with Crippen LogP contribution in [0, 0.1) is 5.13 Å². The van der Waals surface area contributed by atoms with E-state index in [4.69, 9.17) is 10.5 Å². The molecular formula is C10H10FNOS. The first-order valence-corrected chi connectivity index (χ1v) is 5.14. The summed E-state index contributed by atoms with van der Waals surface area (Å²) in [6.07, 6.45) is 0. The molecule has 74 valence electrons. The molecule has 14 heavy (non-hydrogen) atoms. The Hall–Kier alpha value is -1.29. The van der Waals surface area contributed by atoms with Gasteiger partial charge < -0.3 is 10.5 Å². The quantitative estimate of drug-likeness (QED) is 0.828. The molecule has 0 spiro atoms. The monoisotopic (exact) mass is 211 g/mol. The minimum atomic E-state index is -0.325. The molecule has 0 atom stereocenters. The molecule has 0 aliphatic carbocycles. The second-order valence-electron chi connectivity index (χ2n) is 2.88. The predicted molar refractivity (Wildman–Crippen MR) is 57.4 cm³/mol. The van der Waals surface area contributed by atoms with Gasteiger partial charge in [0.1, 0.15) is 5.75 Å². The second-order valence-corrected chi connectivity index (χ2v) is 3.88. The lowest BCUT2D eigenvalue weighted by atomic mass is 10.2. The SMILES string of the molecule is CCOc1ccc2sc(F)c(N)c2c1. The van der Waals surface area contributed by atoms with Gasteiger partial charge in [-0.25, -0.2) is 0 Å². The van der Waals surface area contributed by atoms with Gasteiger partial charge in [-0.1, -0.05) is 0 Å². The molecule has 4 heteroatoms. The molecule has 0 aliphatic rings. The van der Waals surface area contributed by atoms with Crippen LogP contribution in [0.15, 0.2) is 18.2 Å². The summed E-state index contributed by atoms with van der Waals surface area (Å²) in [6.45, 7) is 2.50. The first kappa shape index (κ1) is 9.27. The highest BCUT2D eigenvalue weighted by atomic mass is 32.1. The Morgan fingerprint density at radius 3 is 3.00 bits per heavy atom. The van der Waals surface area contributed by atoms with Crippen LogP contribution in [0.3, 0.4) is 0 Å². The van der Waals surface area contributed by atoms with Gasteiger partial charge in [0.25, 0.3) is 0 Å². The van der Waals surface area contributed by atoms with Gasteiger partial charge in [0.15, 0.2) is 0 Å². The van der Waals surface area contributed by atoms with Crippen molar-refractivity contribution in [3.8, 4) is 5.75 Å². The number of ether oxygens (including phenoxy) is 1. The second kappa shape index (κ2) is 3.46. The number of hydrogen-bond acceptors (Lipinski definition) is 3. The first-order chi connectivity index (χ1) is 6.72. The van der Waals surface area contributed by atoms with Crippen molar-refractivity contribution in [3.63, 3.8) is 0 Å². The number of halogens is 1. The molecule has 1 heterocycles. The Morgan fingerprint density at radius 1 is 1.50 bits per heavy atom. The Balaban J connectivity index is 2.58. The van der Waals surface area contributed by atoms with Crippen molar-refractivity contribution < 1.29 is 9.13 Å². The Morgan fingerprint density at radius 2 is 2.29 bits per heavy atom. The van der Waals surface area contributed by atoms with Crippen molar-refractivity contribution in [2.45, 2.75) is 6.92 Å². The summed E-state index contributed by atoms with van der Waals surface area (Å²) in [5, 5.41) is 0.409. The van der Waals surface area contributed by atoms with Gasteiger partial charge in [-0.05, 0) is 25.1 Å². The van der Waals surface area contributed by atoms with E-state index in [2.05, 4.69) is 0 Å². The van der Waals surface area contributed by atoms with Gasteiger partial charge in [-0.3, -0.25) is 0 Å². The van der Waals surface area contributed by atoms with Gasteiger partial charge in [0.2, 0.25) is 5.13 Å². The van der Waals surface area contributed by atoms with Crippen LogP contribution in [0.25, 0.3) is 10.1 Å². The number of thiophene rings is 1. The van der Waals surface area contributed by atoms with Crippen molar-refractivity contribution in [1.82, 2.24) is 0 Å². The van der Waals surface area contributed by atoms with E-state index >= 15 is 0 Å². The summed E-state index contributed by atoms with van der Waals surface area (Å²) in [4.78, 5) is 0. The maximum atomic E-state index is 13.1. The lowest BCUT2D eigenvalue weighted by Gasteiger charge is -2.02. The number of nitrogens with two attached hydrogens (primary N) is 1. The van der Waals surface area contributed by atoms with Crippen LogP contribution in [-0.2, 0) is 0 Å². The molecule has 2 aromatic rings. The highest BCUT2D eigenvalue weighted by Gasteiger charge is 2.09. The average Bonchev–Trinajstić information content (AvgIpc) is 2.45. The first-order valence-electron chi connectivity index (χ1n) is 4.32. The van der Waals surface area contributed by atoms with E-state index in [1.54, 1.807) is 6.07 Å². The van der Waals surface area contributed by atoms with Crippen LogP contribution in [0.1, 0.15) is 6.92 Å². The van der Waals surface area contributed by atoms with Crippen molar-refractivity contribution in [2.75, 3.05) is 12.3 Å². The zero-order chi connectivity index (χ0) is 10.1. The van der Waals surface area contributed by atoms with Crippen LogP contribution >= 0.6 is 11.3 Å². The zero-order valence-corrected chi connectivity index (χ0v) is 8.53. The molecule has 0 bridgehead atoms. The highest BCUT2D eigenvalue weighted by molar-refractivity contribution is 7.18. The summed E-state index contributed by atoms with van der Waals surface area (Å²) in [6, 6.07) is 5.42. The van der Waals surface area contributed by atoms with Crippen LogP contribution in [0.2, 0.25) is 0 Å². The van der Waals surface area contributed by atoms with E-state index in [1.807, 2.05) is 19.1 Å². The van der Waals surface area contributed by atoms with Crippen LogP contribution in [-0.4, -0.2) is 6.61 Å². The van der Waals surface area contributed by atoms with E-state index in [1.165, 1.54) is 0 Å². The number of rotatable bonds is 2. The fourth-order valence-electron chi connectivity index (χ4n) is 1.32. The maximum absolute atomic E-state index is 13.1. The largest absolute Gasteiger partial charge is 0.494 e. The van der Waals surface area contributed by atoms with Gasteiger partial charge in [-0.15, -0.1) is 11.3 Å². The molecule has 0 aliphatic heterocycles. The van der Waals surface area contributed by atoms with E-state index in [9.17, 15) is 4.39 Å². The summed E-state index contributed by atoms with van der Waals surface area (Å²) in [5.41, 5.74) is 5.80. The number of hydrogen-bond donors (Lipinski definition) is 1. The molecule has 0 fully saturated rings.